The summed E-state index contributed by atoms with van der Waals surface area (Å²) in [5, 5.41) is 13.8. The molecule has 0 saturated carbocycles. The highest BCUT2D eigenvalue weighted by Crippen LogP contribution is 2.23. The number of benzene rings is 2. The summed E-state index contributed by atoms with van der Waals surface area (Å²) in [6.07, 6.45) is 0. The van der Waals surface area contributed by atoms with Crippen molar-refractivity contribution in [1.29, 1.82) is 0 Å². The molecule has 0 bridgehead atoms. The van der Waals surface area contributed by atoms with Crippen LogP contribution in [0.4, 0.5) is 11.4 Å². The fourth-order valence-corrected chi connectivity index (χ4v) is 2.06. The van der Waals surface area contributed by atoms with Gasteiger partial charge in [0.25, 0.3) is 11.6 Å². The lowest BCUT2D eigenvalue weighted by atomic mass is 10.2. The second kappa shape index (κ2) is 5.90. The van der Waals surface area contributed by atoms with Crippen molar-refractivity contribution in [1.82, 2.24) is 0 Å². The van der Waals surface area contributed by atoms with E-state index in [9.17, 15) is 14.9 Å². The van der Waals surface area contributed by atoms with E-state index >= 15 is 0 Å². The van der Waals surface area contributed by atoms with Gasteiger partial charge in [-0.1, -0.05) is 29.3 Å². The minimum absolute atomic E-state index is 0.106. The Morgan fingerprint density at radius 3 is 2.55 bits per heavy atom. The first-order valence-corrected chi connectivity index (χ1v) is 6.24. The van der Waals surface area contributed by atoms with Crippen LogP contribution in [0, 0.1) is 10.1 Å². The Morgan fingerprint density at radius 1 is 1.15 bits per heavy atom. The molecule has 0 unspecified atom stereocenters. The van der Waals surface area contributed by atoms with Gasteiger partial charge in [0.1, 0.15) is 0 Å². The van der Waals surface area contributed by atoms with Crippen molar-refractivity contribution in [2.45, 2.75) is 0 Å². The second-order valence-corrected chi connectivity index (χ2v) is 4.73. The van der Waals surface area contributed by atoms with E-state index in [0.717, 1.165) is 0 Å². The van der Waals surface area contributed by atoms with Crippen LogP contribution in [-0.2, 0) is 0 Å². The molecule has 0 radical (unpaired) electrons. The lowest BCUT2D eigenvalue weighted by molar-refractivity contribution is -0.384. The van der Waals surface area contributed by atoms with E-state index in [0.29, 0.717) is 10.7 Å². The van der Waals surface area contributed by atoms with Gasteiger partial charge in [-0.15, -0.1) is 0 Å². The van der Waals surface area contributed by atoms with Crippen LogP contribution in [0.2, 0.25) is 10.0 Å². The van der Waals surface area contributed by atoms with Gasteiger partial charge in [0, 0.05) is 22.8 Å². The molecule has 0 fully saturated rings. The quantitative estimate of drug-likeness (QED) is 0.683. The number of nitro benzene ring substituents is 1. The Balaban J connectivity index is 2.23. The van der Waals surface area contributed by atoms with Crippen molar-refractivity contribution in [3.63, 3.8) is 0 Å². The fraction of sp³-hybridized carbons (Fsp3) is 0. The largest absolute Gasteiger partial charge is 0.322 e. The van der Waals surface area contributed by atoms with Gasteiger partial charge in [-0.3, -0.25) is 14.9 Å². The summed E-state index contributed by atoms with van der Waals surface area (Å²) in [4.78, 5) is 22.1. The molecular formula is C13H8Cl2N2O3. The zero-order chi connectivity index (χ0) is 14.7. The number of anilines is 1. The number of nitrogens with zero attached hydrogens (tertiary/aromatic N) is 1. The van der Waals surface area contributed by atoms with E-state index in [1.807, 2.05) is 0 Å². The molecule has 2 aromatic rings. The van der Waals surface area contributed by atoms with Crippen molar-refractivity contribution in [3.8, 4) is 0 Å². The lowest BCUT2D eigenvalue weighted by Gasteiger charge is -2.07. The van der Waals surface area contributed by atoms with Gasteiger partial charge in [-0.05, 0) is 24.3 Å². The second-order valence-electron chi connectivity index (χ2n) is 3.89. The van der Waals surface area contributed by atoms with Gasteiger partial charge in [0.05, 0.1) is 15.5 Å². The number of carbonyl (C=O) groups excluding carboxylic acids is 1. The van der Waals surface area contributed by atoms with Crippen molar-refractivity contribution in [3.05, 3.63) is 68.2 Å². The van der Waals surface area contributed by atoms with Crippen LogP contribution in [0.1, 0.15) is 10.4 Å². The summed E-state index contributed by atoms with van der Waals surface area (Å²) in [6.45, 7) is 0. The summed E-state index contributed by atoms with van der Waals surface area (Å²) >= 11 is 11.7. The molecule has 20 heavy (non-hydrogen) atoms. The first-order chi connectivity index (χ1) is 9.47. The van der Waals surface area contributed by atoms with Gasteiger partial charge < -0.3 is 5.32 Å². The highest BCUT2D eigenvalue weighted by molar-refractivity contribution is 6.37. The molecule has 0 aromatic heterocycles. The number of halogens is 2. The van der Waals surface area contributed by atoms with Crippen LogP contribution in [0.15, 0.2) is 42.5 Å². The summed E-state index contributed by atoms with van der Waals surface area (Å²) < 4.78 is 0. The predicted octanol–water partition coefficient (Wildman–Crippen LogP) is 4.15. The molecular weight excluding hydrogens is 303 g/mol. The average Bonchev–Trinajstić information content (AvgIpc) is 2.38. The molecule has 0 saturated heterocycles. The minimum atomic E-state index is -0.537. The third-order valence-corrected chi connectivity index (χ3v) is 3.04. The molecule has 0 aliphatic heterocycles. The van der Waals surface area contributed by atoms with E-state index in [-0.39, 0.29) is 16.3 Å². The van der Waals surface area contributed by atoms with E-state index in [4.69, 9.17) is 23.2 Å². The van der Waals surface area contributed by atoms with Crippen LogP contribution < -0.4 is 5.32 Å². The molecule has 0 heterocycles. The van der Waals surface area contributed by atoms with Crippen LogP contribution in [-0.4, -0.2) is 10.8 Å². The Labute approximate surface area is 124 Å². The maximum atomic E-state index is 12.0. The third kappa shape index (κ3) is 3.26. The molecule has 2 rings (SSSR count). The predicted molar refractivity (Wildman–Crippen MR) is 77.5 cm³/mol. The molecule has 5 nitrogen and oxygen atoms in total. The molecule has 0 aliphatic rings. The van der Waals surface area contributed by atoms with Gasteiger partial charge in [-0.25, -0.2) is 0 Å². The zero-order valence-corrected chi connectivity index (χ0v) is 11.5. The zero-order valence-electron chi connectivity index (χ0n) is 9.97. The van der Waals surface area contributed by atoms with E-state index < -0.39 is 10.8 Å². The lowest BCUT2D eigenvalue weighted by Crippen LogP contribution is -2.12. The van der Waals surface area contributed by atoms with Crippen LogP contribution in [0.25, 0.3) is 0 Å². The van der Waals surface area contributed by atoms with Crippen molar-refractivity contribution < 1.29 is 9.72 Å². The number of hydrogen-bond donors (Lipinski definition) is 1. The smallest absolute Gasteiger partial charge is 0.271 e. The average molecular weight is 311 g/mol. The number of hydrogen-bond acceptors (Lipinski definition) is 3. The molecule has 7 heteroatoms. The standard InChI is InChI=1S/C13H8Cl2N2O3/c14-8-4-5-11(12(15)6-8)13(18)16-9-2-1-3-10(7-9)17(19)20/h1-7H,(H,16,18). The van der Waals surface area contributed by atoms with Gasteiger partial charge in [0.2, 0.25) is 0 Å². The summed E-state index contributed by atoms with van der Waals surface area (Å²) in [5.74, 6) is -0.466. The number of nitrogens with one attached hydrogen (secondary N) is 1. The SMILES string of the molecule is O=C(Nc1cccc([N+](=O)[O-])c1)c1ccc(Cl)cc1Cl. The third-order valence-electron chi connectivity index (χ3n) is 2.49. The normalized spacial score (nSPS) is 10.1. The number of non-ortho nitro benzene ring substituents is 1. The van der Waals surface area contributed by atoms with E-state index in [1.54, 1.807) is 6.07 Å². The van der Waals surface area contributed by atoms with Crippen LogP contribution >= 0.6 is 23.2 Å². The Kier molecular flexibility index (Phi) is 4.22. The number of rotatable bonds is 3. The van der Waals surface area contributed by atoms with Gasteiger partial charge in [0.15, 0.2) is 0 Å². The molecule has 0 aliphatic carbocycles. The maximum Gasteiger partial charge on any atom is 0.271 e. The fourth-order valence-electron chi connectivity index (χ4n) is 1.57. The minimum Gasteiger partial charge on any atom is -0.322 e. The topological polar surface area (TPSA) is 72.2 Å². The summed E-state index contributed by atoms with van der Waals surface area (Å²) in [6, 6.07) is 10.1. The van der Waals surface area contributed by atoms with Gasteiger partial charge in [-0.2, -0.15) is 0 Å². The number of carbonyl (C=O) groups is 1. The highest BCUT2D eigenvalue weighted by Gasteiger charge is 2.12. The number of amides is 1. The van der Waals surface area contributed by atoms with Crippen LogP contribution in [0.5, 0.6) is 0 Å². The summed E-state index contributed by atoms with van der Waals surface area (Å²) in [7, 11) is 0. The van der Waals surface area contributed by atoms with Gasteiger partial charge >= 0.3 is 0 Å². The van der Waals surface area contributed by atoms with Crippen molar-refractivity contribution >= 4 is 40.5 Å². The van der Waals surface area contributed by atoms with Crippen LogP contribution in [0.3, 0.4) is 0 Å². The Bertz CT molecular complexity index is 689. The Morgan fingerprint density at radius 2 is 1.90 bits per heavy atom. The first kappa shape index (κ1) is 14.3. The monoisotopic (exact) mass is 310 g/mol. The van der Waals surface area contributed by atoms with E-state index in [2.05, 4.69) is 5.32 Å². The van der Waals surface area contributed by atoms with E-state index in [1.165, 1.54) is 36.4 Å². The molecule has 1 amide bonds. The Hall–Kier alpha value is -2.11. The molecule has 102 valence electrons. The van der Waals surface area contributed by atoms with Crippen molar-refractivity contribution in [2.75, 3.05) is 5.32 Å². The molecule has 0 spiro atoms. The first-order valence-electron chi connectivity index (χ1n) is 5.48. The van der Waals surface area contributed by atoms with Crippen molar-refractivity contribution in [2.24, 2.45) is 0 Å². The number of nitro groups is 1. The molecule has 0 atom stereocenters. The molecule has 2 aromatic carbocycles. The summed E-state index contributed by atoms with van der Waals surface area (Å²) in [5.41, 5.74) is 0.447. The highest BCUT2D eigenvalue weighted by atomic mass is 35.5. The molecule has 1 N–H and O–H groups in total. The maximum absolute atomic E-state index is 12.0.